The fourth-order valence-corrected chi connectivity index (χ4v) is 2.08. The van der Waals surface area contributed by atoms with Crippen molar-refractivity contribution in [3.63, 3.8) is 0 Å². The van der Waals surface area contributed by atoms with Crippen LogP contribution in [0.5, 0.6) is 0 Å². The number of nitrogens with one attached hydrogen (secondary N) is 1. The maximum absolute atomic E-state index is 11.6. The van der Waals surface area contributed by atoms with Gasteiger partial charge in [0.15, 0.2) is 0 Å². The highest BCUT2D eigenvalue weighted by Crippen LogP contribution is 2.18. The highest BCUT2D eigenvalue weighted by Gasteiger charge is 2.25. The highest BCUT2D eigenvalue weighted by molar-refractivity contribution is 5.91. The van der Waals surface area contributed by atoms with Gasteiger partial charge in [0.1, 0.15) is 0 Å². The number of aliphatic hydroxyl groups is 1. The maximum atomic E-state index is 11.6. The molecule has 3 heteroatoms. The molecule has 0 saturated heterocycles. The number of hydrogen-bond donors (Lipinski definition) is 2. The van der Waals surface area contributed by atoms with Gasteiger partial charge < -0.3 is 10.4 Å². The number of amides is 1. The van der Waals surface area contributed by atoms with Crippen LogP contribution < -0.4 is 5.32 Å². The summed E-state index contributed by atoms with van der Waals surface area (Å²) in [4.78, 5) is 11.6. The zero-order valence-electron chi connectivity index (χ0n) is 9.67. The Morgan fingerprint density at radius 1 is 1.29 bits per heavy atom. The molecule has 90 valence electrons. The summed E-state index contributed by atoms with van der Waals surface area (Å²) in [6.45, 7) is 0. The van der Waals surface area contributed by atoms with Crippen molar-refractivity contribution in [3.05, 3.63) is 42.0 Å². The molecule has 1 aromatic carbocycles. The SMILES string of the molecule is O=C(/C=C/c1ccccc1)N[C@H]1CCC[C@H]1O. The molecule has 0 radical (unpaired) electrons. The lowest BCUT2D eigenvalue weighted by Gasteiger charge is -2.14. The zero-order valence-corrected chi connectivity index (χ0v) is 9.67. The van der Waals surface area contributed by atoms with E-state index in [0.717, 1.165) is 24.8 Å². The van der Waals surface area contributed by atoms with Crippen molar-refractivity contribution in [1.82, 2.24) is 5.32 Å². The summed E-state index contributed by atoms with van der Waals surface area (Å²) in [5, 5.41) is 12.4. The van der Waals surface area contributed by atoms with Crippen LogP contribution in [0.3, 0.4) is 0 Å². The van der Waals surface area contributed by atoms with Gasteiger partial charge in [-0.2, -0.15) is 0 Å². The van der Waals surface area contributed by atoms with Crippen molar-refractivity contribution in [3.8, 4) is 0 Å². The van der Waals surface area contributed by atoms with E-state index in [9.17, 15) is 9.90 Å². The van der Waals surface area contributed by atoms with E-state index in [-0.39, 0.29) is 18.1 Å². The van der Waals surface area contributed by atoms with Gasteiger partial charge in [-0.1, -0.05) is 30.3 Å². The molecule has 1 fully saturated rings. The van der Waals surface area contributed by atoms with Gasteiger partial charge in [0.25, 0.3) is 0 Å². The Balaban J connectivity index is 1.87. The van der Waals surface area contributed by atoms with E-state index >= 15 is 0 Å². The Hall–Kier alpha value is -1.61. The Labute approximate surface area is 101 Å². The first-order valence-corrected chi connectivity index (χ1v) is 5.97. The van der Waals surface area contributed by atoms with Crippen molar-refractivity contribution in [2.24, 2.45) is 0 Å². The first kappa shape index (κ1) is 11.9. The first-order valence-electron chi connectivity index (χ1n) is 5.97. The third kappa shape index (κ3) is 3.43. The molecule has 1 aromatic rings. The predicted molar refractivity (Wildman–Crippen MR) is 67.3 cm³/mol. The molecule has 1 saturated carbocycles. The Bertz CT molecular complexity index is 400. The second kappa shape index (κ2) is 5.64. The lowest BCUT2D eigenvalue weighted by atomic mass is 10.2. The minimum absolute atomic E-state index is 0.0806. The Kier molecular flexibility index (Phi) is 3.94. The van der Waals surface area contributed by atoms with Crippen LogP contribution in [0.2, 0.25) is 0 Å². The fourth-order valence-electron chi connectivity index (χ4n) is 2.08. The number of benzene rings is 1. The van der Waals surface area contributed by atoms with Crippen LogP contribution in [0.25, 0.3) is 6.08 Å². The van der Waals surface area contributed by atoms with Gasteiger partial charge in [0.05, 0.1) is 12.1 Å². The normalized spacial score (nSPS) is 24.1. The standard InChI is InChI=1S/C14H17NO2/c16-13-8-4-7-12(13)15-14(17)10-9-11-5-2-1-3-6-11/h1-3,5-6,9-10,12-13,16H,4,7-8H2,(H,15,17)/b10-9+/t12-,13+/m0/s1. The number of carbonyl (C=O) groups excluding carboxylic acids is 1. The molecule has 0 heterocycles. The lowest BCUT2D eigenvalue weighted by Crippen LogP contribution is -2.38. The largest absolute Gasteiger partial charge is 0.391 e. The summed E-state index contributed by atoms with van der Waals surface area (Å²) in [5.41, 5.74) is 0.995. The van der Waals surface area contributed by atoms with Crippen LogP contribution in [0.4, 0.5) is 0 Å². The molecule has 3 nitrogen and oxygen atoms in total. The van der Waals surface area contributed by atoms with Gasteiger partial charge in [0.2, 0.25) is 5.91 Å². The molecule has 0 bridgehead atoms. The van der Waals surface area contributed by atoms with Gasteiger partial charge in [-0.05, 0) is 30.9 Å². The van der Waals surface area contributed by atoms with E-state index in [1.807, 2.05) is 30.3 Å². The van der Waals surface area contributed by atoms with Gasteiger partial charge in [0, 0.05) is 6.08 Å². The van der Waals surface area contributed by atoms with Crippen LogP contribution >= 0.6 is 0 Å². The summed E-state index contributed by atoms with van der Waals surface area (Å²) >= 11 is 0. The second-order valence-electron chi connectivity index (χ2n) is 4.36. The Morgan fingerprint density at radius 2 is 2.06 bits per heavy atom. The van der Waals surface area contributed by atoms with Crippen LogP contribution in [-0.4, -0.2) is 23.2 Å². The highest BCUT2D eigenvalue weighted by atomic mass is 16.3. The molecule has 0 aliphatic heterocycles. The number of carbonyl (C=O) groups is 1. The summed E-state index contributed by atoms with van der Waals surface area (Å²) in [6.07, 6.45) is 5.54. The molecule has 0 unspecified atom stereocenters. The molecular weight excluding hydrogens is 214 g/mol. The minimum atomic E-state index is -0.385. The minimum Gasteiger partial charge on any atom is -0.391 e. The monoisotopic (exact) mass is 231 g/mol. The molecule has 17 heavy (non-hydrogen) atoms. The zero-order chi connectivity index (χ0) is 12.1. The maximum Gasteiger partial charge on any atom is 0.244 e. The molecule has 2 N–H and O–H groups in total. The van der Waals surface area contributed by atoms with E-state index in [1.54, 1.807) is 6.08 Å². The molecular formula is C14H17NO2. The van der Waals surface area contributed by atoms with Crippen LogP contribution in [0, 0.1) is 0 Å². The molecule has 1 aliphatic carbocycles. The smallest absolute Gasteiger partial charge is 0.244 e. The number of hydrogen-bond acceptors (Lipinski definition) is 2. The molecule has 0 aromatic heterocycles. The summed E-state index contributed by atoms with van der Waals surface area (Å²) < 4.78 is 0. The van der Waals surface area contributed by atoms with Crippen molar-refractivity contribution in [2.75, 3.05) is 0 Å². The molecule has 2 rings (SSSR count). The van der Waals surface area contributed by atoms with Crippen LogP contribution in [-0.2, 0) is 4.79 Å². The van der Waals surface area contributed by atoms with Crippen molar-refractivity contribution >= 4 is 12.0 Å². The summed E-state index contributed by atoms with van der Waals surface area (Å²) in [7, 11) is 0. The number of aliphatic hydroxyl groups excluding tert-OH is 1. The van der Waals surface area contributed by atoms with Crippen molar-refractivity contribution in [2.45, 2.75) is 31.4 Å². The van der Waals surface area contributed by atoms with Gasteiger partial charge >= 0.3 is 0 Å². The first-order chi connectivity index (χ1) is 8.25. The third-order valence-corrected chi connectivity index (χ3v) is 3.03. The van der Waals surface area contributed by atoms with Crippen LogP contribution in [0.1, 0.15) is 24.8 Å². The predicted octanol–water partition coefficient (Wildman–Crippen LogP) is 1.73. The average molecular weight is 231 g/mol. The fraction of sp³-hybridized carbons (Fsp3) is 0.357. The molecule has 1 amide bonds. The van der Waals surface area contributed by atoms with Gasteiger partial charge in [-0.3, -0.25) is 4.79 Å². The third-order valence-electron chi connectivity index (χ3n) is 3.03. The van der Waals surface area contributed by atoms with E-state index in [4.69, 9.17) is 0 Å². The van der Waals surface area contributed by atoms with Gasteiger partial charge in [-0.25, -0.2) is 0 Å². The lowest BCUT2D eigenvalue weighted by molar-refractivity contribution is -0.117. The second-order valence-corrected chi connectivity index (χ2v) is 4.36. The summed E-state index contributed by atoms with van der Waals surface area (Å²) in [6, 6.07) is 9.59. The van der Waals surface area contributed by atoms with Crippen molar-refractivity contribution < 1.29 is 9.90 Å². The van der Waals surface area contributed by atoms with E-state index in [1.165, 1.54) is 6.08 Å². The number of rotatable bonds is 3. The average Bonchev–Trinajstić information content (AvgIpc) is 2.74. The Morgan fingerprint density at radius 3 is 2.71 bits per heavy atom. The molecule has 1 aliphatic rings. The quantitative estimate of drug-likeness (QED) is 0.778. The molecule has 0 spiro atoms. The van der Waals surface area contributed by atoms with E-state index in [0.29, 0.717) is 0 Å². The topological polar surface area (TPSA) is 49.3 Å². The van der Waals surface area contributed by atoms with E-state index < -0.39 is 0 Å². The molecule has 2 atom stereocenters. The van der Waals surface area contributed by atoms with E-state index in [2.05, 4.69) is 5.32 Å². The van der Waals surface area contributed by atoms with Crippen LogP contribution in [0.15, 0.2) is 36.4 Å². The van der Waals surface area contributed by atoms with Gasteiger partial charge in [-0.15, -0.1) is 0 Å². The summed E-state index contributed by atoms with van der Waals surface area (Å²) in [5.74, 6) is -0.139. The van der Waals surface area contributed by atoms with Crippen molar-refractivity contribution in [1.29, 1.82) is 0 Å².